The van der Waals surface area contributed by atoms with Gasteiger partial charge in [0.25, 0.3) is 5.91 Å². The van der Waals surface area contributed by atoms with Crippen molar-refractivity contribution in [3.63, 3.8) is 0 Å². The number of carbonyl (C=O) groups is 1. The van der Waals surface area contributed by atoms with Crippen LogP contribution >= 0.6 is 15.9 Å². The molecule has 0 saturated carbocycles. The van der Waals surface area contributed by atoms with Crippen molar-refractivity contribution in [2.45, 2.75) is 25.4 Å². The maximum absolute atomic E-state index is 13.5. The summed E-state index contributed by atoms with van der Waals surface area (Å²) in [5.74, 6) is -0.577. The summed E-state index contributed by atoms with van der Waals surface area (Å²) in [4.78, 5) is 14.2. The molecule has 0 N–H and O–H groups in total. The van der Waals surface area contributed by atoms with E-state index >= 15 is 0 Å². The molecule has 1 aromatic carbocycles. The summed E-state index contributed by atoms with van der Waals surface area (Å²) in [7, 11) is 1.66. The second-order valence-electron chi connectivity index (χ2n) is 5.09. The van der Waals surface area contributed by atoms with Crippen molar-refractivity contribution in [3.05, 3.63) is 34.1 Å². The first-order valence-corrected chi connectivity index (χ1v) is 7.04. The third kappa shape index (κ3) is 2.98. The average molecular weight is 330 g/mol. The van der Waals surface area contributed by atoms with Crippen LogP contribution in [-0.2, 0) is 4.74 Å². The number of amides is 1. The zero-order valence-corrected chi connectivity index (χ0v) is 12.7. The van der Waals surface area contributed by atoms with Crippen LogP contribution in [0.3, 0.4) is 0 Å². The van der Waals surface area contributed by atoms with Crippen LogP contribution in [0, 0.1) is 5.82 Å². The van der Waals surface area contributed by atoms with E-state index in [1.165, 1.54) is 6.07 Å². The van der Waals surface area contributed by atoms with Gasteiger partial charge in [-0.05, 0) is 47.8 Å². The zero-order valence-electron chi connectivity index (χ0n) is 11.1. The van der Waals surface area contributed by atoms with Gasteiger partial charge in [0.2, 0.25) is 0 Å². The highest BCUT2D eigenvalue weighted by Crippen LogP contribution is 2.27. The van der Waals surface area contributed by atoms with Gasteiger partial charge in [-0.25, -0.2) is 4.39 Å². The molecular weight excluding hydrogens is 313 g/mol. The van der Waals surface area contributed by atoms with Crippen molar-refractivity contribution in [2.75, 3.05) is 20.2 Å². The van der Waals surface area contributed by atoms with E-state index in [2.05, 4.69) is 15.9 Å². The average Bonchev–Trinajstić information content (AvgIpc) is 2.41. The number of halogens is 2. The van der Waals surface area contributed by atoms with Gasteiger partial charge < -0.3 is 9.64 Å². The van der Waals surface area contributed by atoms with E-state index < -0.39 is 5.82 Å². The van der Waals surface area contributed by atoms with Crippen molar-refractivity contribution in [2.24, 2.45) is 0 Å². The lowest BCUT2D eigenvalue weighted by Crippen LogP contribution is -2.49. The van der Waals surface area contributed by atoms with Crippen molar-refractivity contribution in [3.8, 4) is 0 Å². The first kappa shape index (κ1) is 14.5. The van der Waals surface area contributed by atoms with Gasteiger partial charge in [-0.3, -0.25) is 4.79 Å². The number of piperidine rings is 1. The lowest BCUT2D eigenvalue weighted by molar-refractivity contribution is -0.0440. The van der Waals surface area contributed by atoms with Crippen LogP contribution in [0.5, 0.6) is 0 Å². The number of rotatable bonds is 2. The molecule has 5 heteroatoms. The summed E-state index contributed by atoms with van der Waals surface area (Å²) in [6.45, 7) is 3.21. The van der Waals surface area contributed by atoms with Crippen LogP contribution in [0.2, 0.25) is 0 Å². The smallest absolute Gasteiger partial charge is 0.255 e. The summed E-state index contributed by atoms with van der Waals surface area (Å²) in [6, 6.07) is 4.51. The largest absolute Gasteiger partial charge is 0.377 e. The topological polar surface area (TPSA) is 29.5 Å². The Morgan fingerprint density at radius 3 is 2.95 bits per heavy atom. The fourth-order valence-corrected chi connectivity index (χ4v) is 2.82. The molecule has 1 fully saturated rings. The summed E-state index contributed by atoms with van der Waals surface area (Å²) >= 11 is 3.14. The van der Waals surface area contributed by atoms with E-state index in [9.17, 15) is 9.18 Å². The maximum Gasteiger partial charge on any atom is 0.255 e. The van der Waals surface area contributed by atoms with Crippen molar-refractivity contribution >= 4 is 21.8 Å². The molecule has 1 aliphatic heterocycles. The molecule has 104 valence electrons. The van der Waals surface area contributed by atoms with E-state index in [0.717, 1.165) is 12.8 Å². The molecule has 1 aliphatic rings. The fourth-order valence-electron chi connectivity index (χ4n) is 2.38. The van der Waals surface area contributed by atoms with Gasteiger partial charge in [0.05, 0.1) is 15.6 Å². The lowest BCUT2D eigenvalue weighted by Gasteiger charge is -2.39. The summed E-state index contributed by atoms with van der Waals surface area (Å²) in [6.07, 6.45) is 1.82. The Bertz CT molecular complexity index is 494. The van der Waals surface area contributed by atoms with E-state index in [0.29, 0.717) is 18.7 Å². The second-order valence-corrected chi connectivity index (χ2v) is 5.88. The molecule has 1 amide bonds. The van der Waals surface area contributed by atoms with Gasteiger partial charge in [0, 0.05) is 20.2 Å². The number of hydrogen-bond acceptors (Lipinski definition) is 2. The first-order chi connectivity index (χ1) is 8.97. The predicted octanol–water partition coefficient (Wildman–Crippen LogP) is 3.23. The van der Waals surface area contributed by atoms with Gasteiger partial charge in [-0.15, -0.1) is 0 Å². The normalized spacial score (nSPS) is 23.5. The molecule has 1 heterocycles. The molecule has 0 spiro atoms. The predicted molar refractivity (Wildman–Crippen MR) is 74.7 cm³/mol. The molecular formula is C14H17BrFNO2. The minimum Gasteiger partial charge on any atom is -0.377 e. The number of benzene rings is 1. The van der Waals surface area contributed by atoms with Gasteiger partial charge in [-0.2, -0.15) is 0 Å². The van der Waals surface area contributed by atoms with Crippen LogP contribution in [0.15, 0.2) is 22.7 Å². The highest BCUT2D eigenvalue weighted by atomic mass is 79.9. The number of carbonyl (C=O) groups excluding carboxylic acids is 1. The fraction of sp³-hybridized carbons (Fsp3) is 0.500. The summed E-state index contributed by atoms with van der Waals surface area (Å²) < 4.78 is 19.2. The van der Waals surface area contributed by atoms with E-state index in [4.69, 9.17) is 4.74 Å². The summed E-state index contributed by atoms with van der Waals surface area (Å²) in [5, 5.41) is 0. The highest BCUT2D eigenvalue weighted by Gasteiger charge is 2.33. The Morgan fingerprint density at radius 1 is 1.53 bits per heavy atom. The van der Waals surface area contributed by atoms with Gasteiger partial charge in [0.1, 0.15) is 5.82 Å². The molecule has 1 saturated heterocycles. The Morgan fingerprint density at radius 2 is 2.26 bits per heavy atom. The second kappa shape index (κ2) is 5.59. The standard InChI is InChI=1S/C14H17BrFNO2/c1-14(19-2)7-4-8-17(9-14)13(18)10-5-3-6-11(16)12(10)15/h3,5-6H,4,7-9H2,1-2H3. The molecule has 0 bridgehead atoms. The molecule has 1 aromatic rings. The first-order valence-electron chi connectivity index (χ1n) is 6.25. The van der Waals surface area contributed by atoms with Crippen LogP contribution in [0.25, 0.3) is 0 Å². The number of hydrogen-bond donors (Lipinski definition) is 0. The van der Waals surface area contributed by atoms with Crippen molar-refractivity contribution < 1.29 is 13.9 Å². The SMILES string of the molecule is COC1(C)CCCN(C(=O)c2cccc(F)c2Br)C1. The lowest BCUT2D eigenvalue weighted by atomic mass is 9.94. The molecule has 3 nitrogen and oxygen atoms in total. The van der Waals surface area contributed by atoms with Gasteiger partial charge in [0.15, 0.2) is 0 Å². The zero-order chi connectivity index (χ0) is 14.0. The number of likely N-dealkylation sites (tertiary alicyclic amines) is 1. The maximum atomic E-state index is 13.5. The van der Waals surface area contributed by atoms with E-state index in [1.807, 2.05) is 6.92 Å². The highest BCUT2D eigenvalue weighted by molar-refractivity contribution is 9.10. The molecule has 0 aliphatic carbocycles. The number of ether oxygens (including phenoxy) is 1. The summed E-state index contributed by atoms with van der Waals surface area (Å²) in [5.41, 5.74) is 0.0496. The molecule has 0 aromatic heterocycles. The molecule has 1 atom stereocenters. The van der Waals surface area contributed by atoms with Crippen LogP contribution < -0.4 is 0 Å². The Hall–Kier alpha value is -0.940. The number of nitrogens with zero attached hydrogens (tertiary/aromatic N) is 1. The minimum atomic E-state index is -0.419. The molecule has 19 heavy (non-hydrogen) atoms. The Labute approximate surface area is 120 Å². The van der Waals surface area contributed by atoms with Crippen LogP contribution in [0.1, 0.15) is 30.1 Å². The Kier molecular flexibility index (Phi) is 4.26. The molecule has 0 radical (unpaired) electrons. The van der Waals surface area contributed by atoms with Crippen LogP contribution in [0.4, 0.5) is 4.39 Å². The van der Waals surface area contributed by atoms with Crippen molar-refractivity contribution in [1.82, 2.24) is 4.90 Å². The molecule has 2 rings (SSSR count). The third-order valence-electron chi connectivity index (χ3n) is 3.62. The van der Waals surface area contributed by atoms with Gasteiger partial charge >= 0.3 is 0 Å². The molecule has 1 unspecified atom stereocenters. The van der Waals surface area contributed by atoms with E-state index in [-0.39, 0.29) is 16.0 Å². The minimum absolute atomic E-state index is 0.158. The van der Waals surface area contributed by atoms with E-state index in [1.54, 1.807) is 24.1 Å². The number of methoxy groups -OCH3 is 1. The van der Waals surface area contributed by atoms with Crippen molar-refractivity contribution in [1.29, 1.82) is 0 Å². The third-order valence-corrected chi connectivity index (χ3v) is 4.43. The monoisotopic (exact) mass is 329 g/mol. The Balaban J connectivity index is 2.22. The van der Waals surface area contributed by atoms with Gasteiger partial charge in [-0.1, -0.05) is 6.07 Å². The quantitative estimate of drug-likeness (QED) is 0.833. The van der Waals surface area contributed by atoms with Crippen LogP contribution in [-0.4, -0.2) is 36.6 Å².